The maximum absolute atomic E-state index is 9.90. The van der Waals surface area contributed by atoms with Crippen LogP contribution < -0.4 is 5.32 Å². The van der Waals surface area contributed by atoms with Crippen LogP contribution in [0.1, 0.15) is 6.42 Å². The van der Waals surface area contributed by atoms with Crippen LogP contribution >= 0.6 is 0 Å². The van der Waals surface area contributed by atoms with E-state index in [1.54, 1.807) is 0 Å². The zero-order chi connectivity index (χ0) is 8.53. The predicted molar refractivity (Wildman–Crippen MR) is 38.5 cm³/mol. The second kappa shape index (κ2) is 7.30. The van der Waals surface area contributed by atoms with E-state index in [4.69, 9.17) is 14.9 Å². The molecule has 11 heavy (non-hydrogen) atoms. The highest BCUT2D eigenvalue weighted by Gasteiger charge is 1.92. The van der Waals surface area contributed by atoms with Crippen molar-refractivity contribution in [3.63, 3.8) is 0 Å². The molecule has 0 aromatic heterocycles. The molecule has 0 atom stereocenters. The number of nitrogens with one attached hydrogen (secondary N) is 1. The number of carbonyl (C=O) groups is 1. The molecule has 0 fully saturated rings. The summed E-state index contributed by atoms with van der Waals surface area (Å²) in [6.07, 6.45) is -0.390. The first-order chi connectivity index (χ1) is 5.27. The van der Waals surface area contributed by atoms with E-state index in [0.717, 1.165) is 0 Å². The lowest BCUT2D eigenvalue weighted by Crippen LogP contribution is -2.22. The summed E-state index contributed by atoms with van der Waals surface area (Å²) in [5.41, 5.74) is 0. The third kappa shape index (κ3) is 9.19. The maximum atomic E-state index is 9.90. The van der Waals surface area contributed by atoms with Crippen molar-refractivity contribution in [2.24, 2.45) is 0 Å². The Kier molecular flexibility index (Phi) is 6.76. The minimum absolute atomic E-state index is 0.00631. The molecule has 0 bridgehead atoms. The summed E-state index contributed by atoms with van der Waals surface area (Å²) in [7, 11) is 0. The molecule has 0 aliphatic rings. The molecule has 0 aliphatic heterocycles. The third-order valence-corrected chi connectivity index (χ3v) is 0.977. The van der Waals surface area contributed by atoms with E-state index in [0.29, 0.717) is 26.2 Å². The Morgan fingerprint density at radius 3 is 2.73 bits per heavy atom. The summed E-state index contributed by atoms with van der Waals surface area (Å²) in [5.74, 6) is 0. The summed E-state index contributed by atoms with van der Waals surface area (Å²) in [4.78, 5) is 9.90. The van der Waals surface area contributed by atoms with Gasteiger partial charge in [0.25, 0.3) is 0 Å². The lowest BCUT2D eigenvalue weighted by Gasteiger charge is -2.01. The van der Waals surface area contributed by atoms with Gasteiger partial charge in [-0.2, -0.15) is 0 Å². The molecule has 66 valence electrons. The Balaban J connectivity index is 2.85. The number of hydrogen-bond donors (Lipinski definition) is 3. The van der Waals surface area contributed by atoms with Crippen LogP contribution in [0.4, 0.5) is 4.79 Å². The number of aliphatic hydroxyl groups is 1. The molecule has 0 rings (SSSR count). The Labute approximate surface area is 65.0 Å². The van der Waals surface area contributed by atoms with E-state index < -0.39 is 6.09 Å². The van der Waals surface area contributed by atoms with Gasteiger partial charge in [-0.25, -0.2) is 4.79 Å². The first kappa shape index (κ1) is 10.2. The highest BCUT2D eigenvalue weighted by atomic mass is 16.5. The number of carboxylic acid groups (broad SMARTS) is 1. The second-order valence-corrected chi connectivity index (χ2v) is 1.92. The molecule has 1 amide bonds. The van der Waals surface area contributed by atoms with Crippen molar-refractivity contribution in [2.45, 2.75) is 6.42 Å². The van der Waals surface area contributed by atoms with E-state index in [9.17, 15) is 4.79 Å². The number of aliphatic hydroxyl groups excluding tert-OH is 1. The molecule has 0 aromatic carbocycles. The van der Waals surface area contributed by atoms with E-state index in [-0.39, 0.29) is 6.61 Å². The Bertz CT molecular complexity index is 107. The molecule has 0 aromatic rings. The smallest absolute Gasteiger partial charge is 0.404 e. The molecular weight excluding hydrogens is 150 g/mol. The zero-order valence-corrected chi connectivity index (χ0v) is 6.25. The molecule has 0 heterocycles. The third-order valence-electron chi connectivity index (χ3n) is 0.977. The SMILES string of the molecule is O=C(O)NCCCOCCO. The van der Waals surface area contributed by atoms with Crippen molar-refractivity contribution in [2.75, 3.05) is 26.4 Å². The van der Waals surface area contributed by atoms with Gasteiger partial charge < -0.3 is 20.3 Å². The zero-order valence-electron chi connectivity index (χ0n) is 6.25. The summed E-state index contributed by atoms with van der Waals surface area (Å²) in [6, 6.07) is 0. The first-order valence-corrected chi connectivity index (χ1v) is 3.42. The Hall–Kier alpha value is -0.810. The molecule has 5 nitrogen and oxygen atoms in total. The standard InChI is InChI=1S/C6H13NO4/c8-3-5-11-4-1-2-7-6(9)10/h7-8H,1-5H2,(H,9,10). The fourth-order valence-electron chi connectivity index (χ4n) is 0.536. The van der Waals surface area contributed by atoms with E-state index in [1.807, 2.05) is 0 Å². The van der Waals surface area contributed by atoms with Gasteiger partial charge in [0, 0.05) is 13.2 Å². The normalized spacial score (nSPS) is 9.55. The molecule has 0 aliphatic carbocycles. The lowest BCUT2D eigenvalue weighted by molar-refractivity contribution is 0.0906. The van der Waals surface area contributed by atoms with Gasteiger partial charge in [-0.3, -0.25) is 0 Å². The van der Waals surface area contributed by atoms with Crippen molar-refractivity contribution in [3.05, 3.63) is 0 Å². The van der Waals surface area contributed by atoms with Crippen molar-refractivity contribution in [1.29, 1.82) is 0 Å². The van der Waals surface area contributed by atoms with Crippen LogP contribution in [0.3, 0.4) is 0 Å². The van der Waals surface area contributed by atoms with Gasteiger partial charge in [0.15, 0.2) is 0 Å². The second-order valence-electron chi connectivity index (χ2n) is 1.92. The van der Waals surface area contributed by atoms with Gasteiger partial charge in [-0.05, 0) is 6.42 Å². The largest absolute Gasteiger partial charge is 0.465 e. The summed E-state index contributed by atoms with van der Waals surface area (Å²) >= 11 is 0. The minimum atomic E-state index is -1.02. The van der Waals surface area contributed by atoms with Crippen LogP contribution in [0.25, 0.3) is 0 Å². The first-order valence-electron chi connectivity index (χ1n) is 3.42. The fourth-order valence-corrected chi connectivity index (χ4v) is 0.536. The summed E-state index contributed by atoms with van der Waals surface area (Å²) < 4.78 is 4.88. The molecule has 3 N–H and O–H groups in total. The van der Waals surface area contributed by atoms with Gasteiger partial charge in [-0.1, -0.05) is 0 Å². The van der Waals surface area contributed by atoms with Crippen LogP contribution in [-0.2, 0) is 4.74 Å². The van der Waals surface area contributed by atoms with Crippen molar-refractivity contribution < 1.29 is 19.7 Å². The molecule has 0 radical (unpaired) electrons. The van der Waals surface area contributed by atoms with E-state index >= 15 is 0 Å². The van der Waals surface area contributed by atoms with Crippen LogP contribution in [0.5, 0.6) is 0 Å². The van der Waals surface area contributed by atoms with Crippen molar-refractivity contribution >= 4 is 6.09 Å². The minimum Gasteiger partial charge on any atom is -0.465 e. The Morgan fingerprint density at radius 2 is 2.18 bits per heavy atom. The number of amides is 1. The van der Waals surface area contributed by atoms with Crippen LogP contribution in [0.15, 0.2) is 0 Å². The van der Waals surface area contributed by atoms with Crippen molar-refractivity contribution in [3.8, 4) is 0 Å². The quantitative estimate of drug-likeness (QED) is 0.468. The maximum Gasteiger partial charge on any atom is 0.404 e. The number of hydrogen-bond acceptors (Lipinski definition) is 3. The molecule has 0 spiro atoms. The number of ether oxygens (including phenoxy) is 1. The molecule has 0 saturated heterocycles. The van der Waals surface area contributed by atoms with Crippen molar-refractivity contribution in [1.82, 2.24) is 5.32 Å². The van der Waals surface area contributed by atoms with E-state index in [2.05, 4.69) is 5.32 Å². The highest BCUT2D eigenvalue weighted by Crippen LogP contribution is 1.79. The molecule has 5 heteroatoms. The molecule has 0 saturated carbocycles. The summed E-state index contributed by atoms with van der Waals surface area (Å²) in [5, 5.41) is 18.6. The van der Waals surface area contributed by atoms with Gasteiger partial charge in [-0.15, -0.1) is 0 Å². The van der Waals surface area contributed by atoms with Gasteiger partial charge in [0.05, 0.1) is 13.2 Å². The Morgan fingerprint density at radius 1 is 1.45 bits per heavy atom. The average molecular weight is 163 g/mol. The molecule has 0 unspecified atom stereocenters. The van der Waals surface area contributed by atoms with Crippen LogP contribution in [0, 0.1) is 0 Å². The lowest BCUT2D eigenvalue weighted by atomic mass is 10.4. The van der Waals surface area contributed by atoms with Gasteiger partial charge in [0.2, 0.25) is 0 Å². The van der Waals surface area contributed by atoms with Gasteiger partial charge in [0.1, 0.15) is 0 Å². The van der Waals surface area contributed by atoms with Crippen LogP contribution in [0.2, 0.25) is 0 Å². The van der Waals surface area contributed by atoms with Crippen LogP contribution in [-0.4, -0.2) is 42.7 Å². The molecular formula is C6H13NO4. The fraction of sp³-hybridized carbons (Fsp3) is 0.833. The van der Waals surface area contributed by atoms with Gasteiger partial charge >= 0.3 is 6.09 Å². The number of rotatable bonds is 6. The monoisotopic (exact) mass is 163 g/mol. The predicted octanol–water partition coefficient (Wildman–Crippen LogP) is -0.347. The topological polar surface area (TPSA) is 78.8 Å². The summed E-state index contributed by atoms with van der Waals surface area (Å²) in [6.45, 7) is 1.18. The highest BCUT2D eigenvalue weighted by molar-refractivity contribution is 5.64. The average Bonchev–Trinajstić information content (AvgIpc) is 1.96. The van der Waals surface area contributed by atoms with E-state index in [1.165, 1.54) is 0 Å².